The molecule has 2 heterocycles. The van der Waals surface area contributed by atoms with Crippen LogP contribution in [0.25, 0.3) is 10.9 Å². The fourth-order valence-corrected chi connectivity index (χ4v) is 3.19. The van der Waals surface area contributed by atoms with Gasteiger partial charge in [0.05, 0.1) is 11.1 Å². The van der Waals surface area contributed by atoms with E-state index in [0.29, 0.717) is 24.1 Å². The van der Waals surface area contributed by atoms with Crippen LogP contribution >= 0.6 is 0 Å². The molecule has 0 bridgehead atoms. The van der Waals surface area contributed by atoms with Crippen molar-refractivity contribution < 1.29 is 14.4 Å². The molecule has 6 heteroatoms. The van der Waals surface area contributed by atoms with Gasteiger partial charge in [-0.1, -0.05) is 18.2 Å². The number of aromatic amines is 1. The predicted molar refractivity (Wildman–Crippen MR) is 96.8 cm³/mol. The maximum absolute atomic E-state index is 12.3. The molecule has 3 amide bonds. The summed E-state index contributed by atoms with van der Waals surface area (Å²) in [6, 6.07) is 14.7. The number of nitrogens with zero attached hydrogens (tertiary/aromatic N) is 1. The number of imide groups is 1. The van der Waals surface area contributed by atoms with Crippen LogP contribution in [-0.2, 0) is 11.2 Å². The van der Waals surface area contributed by atoms with E-state index in [1.165, 1.54) is 0 Å². The quantitative estimate of drug-likeness (QED) is 0.694. The van der Waals surface area contributed by atoms with E-state index in [4.69, 9.17) is 0 Å². The second kappa shape index (κ2) is 6.48. The van der Waals surface area contributed by atoms with Gasteiger partial charge in [-0.3, -0.25) is 19.3 Å². The van der Waals surface area contributed by atoms with E-state index in [1.807, 2.05) is 24.4 Å². The lowest BCUT2D eigenvalue weighted by molar-refractivity contribution is -0.121. The van der Waals surface area contributed by atoms with E-state index >= 15 is 0 Å². The van der Waals surface area contributed by atoms with Gasteiger partial charge in [-0.2, -0.15) is 0 Å². The fourth-order valence-electron chi connectivity index (χ4n) is 3.19. The standard InChI is InChI=1S/C20H17N3O3/c24-18(12-23-19(25)15-3-1-2-4-16(15)20(23)26)22-9-7-13-5-6-17-14(11-13)8-10-21-17/h1-6,8,10-11,21H,7,9,12H2,(H,22,24). The molecule has 2 aromatic carbocycles. The summed E-state index contributed by atoms with van der Waals surface area (Å²) in [4.78, 5) is 40.8. The molecular formula is C20H17N3O3. The third kappa shape index (κ3) is 2.86. The van der Waals surface area contributed by atoms with Gasteiger partial charge in [-0.15, -0.1) is 0 Å². The van der Waals surface area contributed by atoms with Crippen molar-refractivity contribution in [2.24, 2.45) is 0 Å². The number of fused-ring (bicyclic) bond motifs is 2. The minimum atomic E-state index is -0.418. The van der Waals surface area contributed by atoms with Crippen molar-refractivity contribution in [3.8, 4) is 0 Å². The highest BCUT2D eigenvalue weighted by Gasteiger charge is 2.36. The maximum Gasteiger partial charge on any atom is 0.262 e. The van der Waals surface area contributed by atoms with Crippen LogP contribution in [0.1, 0.15) is 26.3 Å². The Morgan fingerprint density at radius 1 is 1.00 bits per heavy atom. The van der Waals surface area contributed by atoms with Crippen molar-refractivity contribution >= 4 is 28.6 Å². The molecule has 0 saturated heterocycles. The first-order valence-electron chi connectivity index (χ1n) is 8.41. The maximum atomic E-state index is 12.3. The number of hydrogen-bond donors (Lipinski definition) is 2. The zero-order valence-corrected chi connectivity index (χ0v) is 14.0. The molecule has 130 valence electrons. The molecule has 1 aliphatic heterocycles. The smallest absolute Gasteiger partial charge is 0.262 e. The highest BCUT2D eigenvalue weighted by atomic mass is 16.2. The molecule has 0 spiro atoms. The van der Waals surface area contributed by atoms with Crippen molar-refractivity contribution in [2.75, 3.05) is 13.1 Å². The first kappa shape index (κ1) is 16.1. The molecule has 2 N–H and O–H groups in total. The lowest BCUT2D eigenvalue weighted by atomic mass is 10.1. The highest BCUT2D eigenvalue weighted by molar-refractivity contribution is 6.22. The Kier molecular flexibility index (Phi) is 4.01. The molecule has 0 radical (unpaired) electrons. The topological polar surface area (TPSA) is 82.3 Å². The summed E-state index contributed by atoms with van der Waals surface area (Å²) >= 11 is 0. The van der Waals surface area contributed by atoms with E-state index in [-0.39, 0.29) is 12.5 Å². The zero-order chi connectivity index (χ0) is 18.1. The van der Waals surface area contributed by atoms with Gasteiger partial charge in [0, 0.05) is 18.3 Å². The Bertz CT molecular complexity index is 987. The number of aromatic nitrogens is 1. The average Bonchev–Trinajstić information content (AvgIpc) is 3.21. The summed E-state index contributed by atoms with van der Waals surface area (Å²) in [5.74, 6) is -1.18. The van der Waals surface area contributed by atoms with Crippen LogP contribution in [0.4, 0.5) is 0 Å². The molecule has 6 nitrogen and oxygen atoms in total. The average molecular weight is 347 g/mol. The van der Waals surface area contributed by atoms with Crippen LogP contribution in [-0.4, -0.2) is 40.7 Å². The van der Waals surface area contributed by atoms with E-state index in [2.05, 4.69) is 16.4 Å². The summed E-state index contributed by atoms with van der Waals surface area (Å²) in [6.07, 6.45) is 2.56. The molecule has 0 atom stereocenters. The number of benzene rings is 2. The van der Waals surface area contributed by atoms with Crippen molar-refractivity contribution in [2.45, 2.75) is 6.42 Å². The summed E-state index contributed by atoms with van der Waals surface area (Å²) in [7, 11) is 0. The van der Waals surface area contributed by atoms with Gasteiger partial charge in [0.25, 0.3) is 11.8 Å². The number of H-pyrrole nitrogens is 1. The minimum absolute atomic E-state index is 0.261. The van der Waals surface area contributed by atoms with Crippen LogP contribution in [0.3, 0.4) is 0 Å². The first-order chi connectivity index (χ1) is 12.6. The van der Waals surface area contributed by atoms with Gasteiger partial charge in [0.1, 0.15) is 6.54 Å². The molecule has 1 aliphatic rings. The lowest BCUT2D eigenvalue weighted by Crippen LogP contribution is -2.40. The molecule has 0 fully saturated rings. The molecule has 0 aliphatic carbocycles. The van der Waals surface area contributed by atoms with E-state index in [1.54, 1.807) is 24.3 Å². The largest absolute Gasteiger partial charge is 0.361 e. The molecular weight excluding hydrogens is 330 g/mol. The fraction of sp³-hybridized carbons (Fsp3) is 0.150. The van der Waals surface area contributed by atoms with E-state index in [0.717, 1.165) is 21.4 Å². The molecule has 1 aromatic heterocycles. The Balaban J connectivity index is 1.33. The number of hydrogen-bond acceptors (Lipinski definition) is 3. The van der Waals surface area contributed by atoms with Crippen molar-refractivity contribution in [3.05, 3.63) is 71.4 Å². The Hall–Kier alpha value is -3.41. The number of rotatable bonds is 5. The molecule has 4 rings (SSSR count). The monoisotopic (exact) mass is 347 g/mol. The summed E-state index contributed by atoms with van der Waals surface area (Å²) in [6.45, 7) is 0.182. The van der Waals surface area contributed by atoms with Crippen LogP contribution in [0, 0.1) is 0 Å². The van der Waals surface area contributed by atoms with Crippen LogP contribution < -0.4 is 5.32 Å². The summed E-state index contributed by atoms with van der Waals surface area (Å²) in [5.41, 5.74) is 2.89. The van der Waals surface area contributed by atoms with Crippen molar-refractivity contribution in [3.63, 3.8) is 0 Å². The Morgan fingerprint density at radius 2 is 1.73 bits per heavy atom. The van der Waals surface area contributed by atoms with Crippen molar-refractivity contribution in [1.82, 2.24) is 15.2 Å². The summed E-state index contributed by atoms with van der Waals surface area (Å²) < 4.78 is 0. The predicted octanol–water partition coefficient (Wildman–Crippen LogP) is 2.12. The Labute approximate surface area is 149 Å². The van der Waals surface area contributed by atoms with E-state index in [9.17, 15) is 14.4 Å². The van der Waals surface area contributed by atoms with Gasteiger partial charge < -0.3 is 10.3 Å². The number of amides is 3. The molecule has 0 unspecified atom stereocenters. The van der Waals surface area contributed by atoms with Gasteiger partial charge in [0.2, 0.25) is 5.91 Å². The number of carbonyl (C=O) groups excluding carboxylic acids is 3. The SMILES string of the molecule is O=C(CN1C(=O)c2ccccc2C1=O)NCCc1ccc2[nH]ccc2c1. The molecule has 3 aromatic rings. The Morgan fingerprint density at radius 3 is 2.46 bits per heavy atom. The normalized spacial score (nSPS) is 13.3. The third-order valence-electron chi connectivity index (χ3n) is 4.53. The van der Waals surface area contributed by atoms with Crippen molar-refractivity contribution in [1.29, 1.82) is 0 Å². The molecule has 0 saturated carbocycles. The minimum Gasteiger partial charge on any atom is -0.361 e. The van der Waals surface area contributed by atoms with Crippen LogP contribution in [0.2, 0.25) is 0 Å². The molecule has 26 heavy (non-hydrogen) atoms. The number of carbonyl (C=O) groups is 3. The first-order valence-corrected chi connectivity index (χ1v) is 8.41. The van der Waals surface area contributed by atoms with Gasteiger partial charge >= 0.3 is 0 Å². The van der Waals surface area contributed by atoms with E-state index < -0.39 is 11.8 Å². The second-order valence-electron chi connectivity index (χ2n) is 6.24. The number of nitrogens with one attached hydrogen (secondary N) is 2. The lowest BCUT2D eigenvalue weighted by Gasteiger charge is -2.13. The van der Waals surface area contributed by atoms with Crippen LogP contribution in [0.5, 0.6) is 0 Å². The second-order valence-corrected chi connectivity index (χ2v) is 6.24. The van der Waals surface area contributed by atoms with Gasteiger partial charge in [-0.25, -0.2) is 0 Å². The van der Waals surface area contributed by atoms with Crippen LogP contribution in [0.15, 0.2) is 54.7 Å². The highest BCUT2D eigenvalue weighted by Crippen LogP contribution is 2.21. The zero-order valence-electron chi connectivity index (χ0n) is 14.0. The van der Waals surface area contributed by atoms with Gasteiger partial charge in [0.15, 0.2) is 0 Å². The van der Waals surface area contributed by atoms with Gasteiger partial charge in [-0.05, 0) is 47.7 Å². The third-order valence-corrected chi connectivity index (χ3v) is 4.53. The summed E-state index contributed by atoms with van der Waals surface area (Å²) in [5, 5.41) is 3.90.